The number of thiazole rings is 1. The topological polar surface area (TPSA) is 97.5 Å². The molecular formula is C28H28ClFN6O2S. The summed E-state index contributed by atoms with van der Waals surface area (Å²) in [6, 6.07) is 14.6. The number of nitrogens with two attached hydrogens (primary N) is 1. The Bertz CT molecular complexity index is 1500. The molecule has 0 atom stereocenters. The zero-order chi connectivity index (χ0) is 27.7. The first kappa shape index (κ1) is 26.8. The first-order valence-electron chi connectivity index (χ1n) is 12.5. The van der Waals surface area contributed by atoms with Gasteiger partial charge in [0.1, 0.15) is 10.6 Å². The number of halogens is 2. The molecule has 0 saturated carbocycles. The summed E-state index contributed by atoms with van der Waals surface area (Å²) in [5, 5.41) is 0.801. The van der Waals surface area contributed by atoms with Gasteiger partial charge in [0.15, 0.2) is 5.82 Å². The van der Waals surface area contributed by atoms with E-state index in [-0.39, 0.29) is 17.1 Å². The van der Waals surface area contributed by atoms with Gasteiger partial charge in [0.05, 0.1) is 22.0 Å². The highest BCUT2D eigenvalue weighted by atomic mass is 35.5. The van der Waals surface area contributed by atoms with Gasteiger partial charge in [-0.05, 0) is 74.8 Å². The molecule has 8 nitrogen and oxygen atoms in total. The lowest BCUT2D eigenvalue weighted by molar-refractivity contribution is 0.0240. The van der Waals surface area contributed by atoms with Crippen LogP contribution >= 0.6 is 22.9 Å². The smallest absolute Gasteiger partial charge is 0.410 e. The van der Waals surface area contributed by atoms with Crippen LogP contribution in [0.25, 0.3) is 32.4 Å². The minimum atomic E-state index is -0.531. The molecule has 1 fully saturated rings. The van der Waals surface area contributed by atoms with Crippen molar-refractivity contribution in [3.05, 3.63) is 65.8 Å². The number of ether oxygens (including phenoxy) is 1. The highest BCUT2D eigenvalue weighted by Gasteiger charge is 2.26. The Morgan fingerprint density at radius 3 is 2.44 bits per heavy atom. The monoisotopic (exact) mass is 566 g/mol. The minimum absolute atomic E-state index is 0.0461. The molecule has 1 saturated heterocycles. The van der Waals surface area contributed by atoms with E-state index in [2.05, 4.69) is 14.9 Å². The van der Waals surface area contributed by atoms with Gasteiger partial charge in [-0.25, -0.2) is 24.1 Å². The summed E-state index contributed by atoms with van der Waals surface area (Å²) >= 11 is 7.45. The number of anilines is 2. The number of piperazine rings is 1. The molecule has 2 aromatic heterocycles. The second-order valence-corrected chi connectivity index (χ2v) is 11.5. The molecule has 2 aromatic carbocycles. The van der Waals surface area contributed by atoms with Crippen LogP contribution in [0.2, 0.25) is 5.28 Å². The average Bonchev–Trinajstić information content (AvgIpc) is 3.35. The maximum Gasteiger partial charge on any atom is 0.410 e. The molecule has 0 bridgehead atoms. The standard InChI is InChI=1S/C28H28ClFN6O2S/c1-28(2,3)38-27(37)36-15-13-35(14-16-36)18-9-7-17(8-10-18)25-34-23(19-5-4-6-20(31)22(19)30)24(39-25)21-11-12-32-26(29)33-21/h4-12H,13-16,31H2,1-3H3. The summed E-state index contributed by atoms with van der Waals surface area (Å²) < 4.78 is 20.5. The van der Waals surface area contributed by atoms with Gasteiger partial charge in [-0.2, -0.15) is 0 Å². The zero-order valence-electron chi connectivity index (χ0n) is 21.8. The van der Waals surface area contributed by atoms with E-state index >= 15 is 4.39 Å². The van der Waals surface area contributed by atoms with Crippen molar-refractivity contribution < 1.29 is 13.9 Å². The van der Waals surface area contributed by atoms with E-state index in [1.807, 2.05) is 45.0 Å². The Labute approximate surface area is 235 Å². The SMILES string of the molecule is CC(C)(C)OC(=O)N1CCN(c2ccc(-c3nc(-c4cccc(N)c4F)c(-c4ccnc(Cl)n4)s3)cc2)CC1. The van der Waals surface area contributed by atoms with Gasteiger partial charge in [-0.3, -0.25) is 0 Å². The highest BCUT2D eigenvalue weighted by Crippen LogP contribution is 2.41. The molecule has 2 N–H and O–H groups in total. The van der Waals surface area contributed by atoms with Gasteiger partial charge >= 0.3 is 6.09 Å². The fourth-order valence-electron chi connectivity index (χ4n) is 4.28. The third-order valence-corrected chi connectivity index (χ3v) is 7.49. The first-order chi connectivity index (χ1) is 18.6. The third kappa shape index (κ3) is 5.97. The van der Waals surface area contributed by atoms with Crippen molar-refractivity contribution in [1.29, 1.82) is 0 Å². The van der Waals surface area contributed by atoms with E-state index in [4.69, 9.17) is 27.1 Å². The number of amides is 1. The lowest BCUT2D eigenvalue weighted by atomic mass is 10.1. The second-order valence-electron chi connectivity index (χ2n) is 10.1. The third-order valence-electron chi connectivity index (χ3n) is 6.18. The Hall–Kier alpha value is -3.76. The van der Waals surface area contributed by atoms with E-state index in [9.17, 15) is 4.79 Å². The molecule has 11 heteroatoms. The van der Waals surface area contributed by atoms with Crippen molar-refractivity contribution in [2.45, 2.75) is 26.4 Å². The predicted octanol–water partition coefficient (Wildman–Crippen LogP) is 6.37. The number of nitrogens with zero attached hydrogens (tertiary/aromatic N) is 5. The summed E-state index contributed by atoms with van der Waals surface area (Å²) in [5.74, 6) is -0.531. The molecule has 3 heterocycles. The van der Waals surface area contributed by atoms with E-state index in [1.54, 1.807) is 29.3 Å². The summed E-state index contributed by atoms with van der Waals surface area (Å²) in [7, 11) is 0. The molecule has 0 aliphatic carbocycles. The molecule has 1 aliphatic heterocycles. The van der Waals surface area contributed by atoms with Crippen molar-refractivity contribution in [3.63, 3.8) is 0 Å². The molecule has 1 amide bonds. The molecule has 0 unspecified atom stereocenters. The van der Waals surface area contributed by atoms with Crippen LogP contribution < -0.4 is 10.6 Å². The quantitative estimate of drug-likeness (QED) is 0.226. The van der Waals surface area contributed by atoms with Crippen molar-refractivity contribution in [1.82, 2.24) is 19.9 Å². The average molecular weight is 567 g/mol. The summed E-state index contributed by atoms with van der Waals surface area (Å²) in [5.41, 5.74) is 8.59. The molecule has 202 valence electrons. The van der Waals surface area contributed by atoms with Crippen LogP contribution in [-0.2, 0) is 4.74 Å². The van der Waals surface area contributed by atoms with Gasteiger partial charge in [-0.15, -0.1) is 11.3 Å². The van der Waals surface area contributed by atoms with Gasteiger partial charge in [-0.1, -0.05) is 6.07 Å². The first-order valence-corrected chi connectivity index (χ1v) is 13.7. The van der Waals surface area contributed by atoms with Gasteiger partial charge in [0, 0.05) is 49.2 Å². The van der Waals surface area contributed by atoms with Crippen molar-refractivity contribution >= 4 is 40.4 Å². The Kier molecular flexibility index (Phi) is 7.42. The van der Waals surface area contributed by atoms with Crippen LogP contribution in [0.15, 0.2) is 54.7 Å². The molecule has 0 radical (unpaired) electrons. The van der Waals surface area contributed by atoms with Crippen molar-refractivity contribution in [2.24, 2.45) is 0 Å². The Morgan fingerprint density at radius 1 is 1.05 bits per heavy atom. The molecular weight excluding hydrogens is 539 g/mol. The fraction of sp³-hybridized carbons (Fsp3) is 0.286. The lowest BCUT2D eigenvalue weighted by Gasteiger charge is -2.36. The molecule has 4 aromatic rings. The fourth-order valence-corrected chi connectivity index (χ4v) is 5.48. The lowest BCUT2D eigenvalue weighted by Crippen LogP contribution is -2.50. The summed E-state index contributed by atoms with van der Waals surface area (Å²) in [6.07, 6.45) is 1.27. The van der Waals surface area contributed by atoms with Crippen LogP contribution in [0.4, 0.5) is 20.6 Å². The van der Waals surface area contributed by atoms with E-state index in [0.29, 0.717) is 53.0 Å². The maximum atomic E-state index is 15.0. The number of aromatic nitrogens is 3. The van der Waals surface area contributed by atoms with Crippen molar-refractivity contribution in [2.75, 3.05) is 36.8 Å². The van der Waals surface area contributed by atoms with Crippen LogP contribution in [0.1, 0.15) is 20.8 Å². The Morgan fingerprint density at radius 2 is 1.77 bits per heavy atom. The molecule has 0 spiro atoms. The van der Waals surface area contributed by atoms with Crippen LogP contribution in [0.5, 0.6) is 0 Å². The number of carbonyl (C=O) groups excluding carboxylic acids is 1. The maximum absolute atomic E-state index is 15.0. The van der Waals surface area contributed by atoms with Crippen LogP contribution in [-0.4, -0.2) is 57.7 Å². The number of carbonyl (C=O) groups is 1. The molecule has 39 heavy (non-hydrogen) atoms. The summed E-state index contributed by atoms with van der Waals surface area (Å²) in [6.45, 7) is 8.18. The van der Waals surface area contributed by atoms with Gasteiger partial charge in [0.25, 0.3) is 0 Å². The summed E-state index contributed by atoms with van der Waals surface area (Å²) in [4.78, 5) is 30.1. The van der Waals surface area contributed by atoms with Crippen molar-refractivity contribution in [3.8, 4) is 32.4 Å². The largest absolute Gasteiger partial charge is 0.444 e. The van der Waals surface area contributed by atoms with Gasteiger partial charge < -0.3 is 20.3 Å². The number of hydrogen-bond acceptors (Lipinski definition) is 8. The highest BCUT2D eigenvalue weighted by molar-refractivity contribution is 7.18. The molecule has 1 aliphatic rings. The normalized spacial score (nSPS) is 14.0. The minimum Gasteiger partial charge on any atom is -0.444 e. The van der Waals surface area contributed by atoms with E-state index < -0.39 is 11.4 Å². The Balaban J connectivity index is 1.39. The van der Waals surface area contributed by atoms with E-state index in [0.717, 1.165) is 11.3 Å². The second kappa shape index (κ2) is 10.8. The zero-order valence-corrected chi connectivity index (χ0v) is 23.4. The van der Waals surface area contributed by atoms with Crippen LogP contribution in [0.3, 0.4) is 0 Å². The van der Waals surface area contributed by atoms with Gasteiger partial charge in [0.2, 0.25) is 5.28 Å². The number of benzene rings is 2. The number of nitrogen functional groups attached to an aromatic ring is 1. The number of rotatable bonds is 4. The molecule has 5 rings (SSSR count). The van der Waals surface area contributed by atoms with E-state index in [1.165, 1.54) is 17.4 Å². The van der Waals surface area contributed by atoms with Crippen LogP contribution in [0, 0.1) is 5.82 Å². The number of hydrogen-bond donors (Lipinski definition) is 1. The predicted molar refractivity (Wildman–Crippen MR) is 153 cm³/mol.